The van der Waals surface area contributed by atoms with E-state index in [-0.39, 0.29) is 34.8 Å². The second-order valence-corrected chi connectivity index (χ2v) is 7.91. The Bertz CT molecular complexity index is 808. The van der Waals surface area contributed by atoms with Gasteiger partial charge >= 0.3 is 0 Å². The Kier molecular flexibility index (Phi) is 6.46. The molecular formula is C21H21ClO3S. The molecular weight excluding hydrogens is 368 g/mol. The summed E-state index contributed by atoms with van der Waals surface area (Å²) in [6, 6.07) is 18.9. The van der Waals surface area contributed by atoms with Gasteiger partial charge < -0.3 is 27.4 Å². The number of rotatable bonds is 4. The largest absolute Gasteiger partial charge is 1.00 e. The number of hydrogen-bond donors (Lipinski definition) is 2. The van der Waals surface area contributed by atoms with Crippen LogP contribution in [0.2, 0.25) is 0 Å². The maximum atomic E-state index is 9.63. The molecule has 0 bridgehead atoms. The van der Waals surface area contributed by atoms with Crippen molar-refractivity contribution in [1.82, 2.24) is 0 Å². The van der Waals surface area contributed by atoms with Gasteiger partial charge in [-0.3, -0.25) is 0 Å². The highest BCUT2D eigenvalue weighted by molar-refractivity contribution is 7.97. The molecule has 0 atom stereocenters. The second kappa shape index (κ2) is 8.39. The van der Waals surface area contributed by atoms with Crippen molar-refractivity contribution >= 4 is 10.9 Å². The van der Waals surface area contributed by atoms with Crippen LogP contribution in [0.15, 0.2) is 75.4 Å². The number of hydrogen-bond acceptors (Lipinski definition) is 3. The molecule has 0 radical (unpaired) electrons. The summed E-state index contributed by atoms with van der Waals surface area (Å²) in [4.78, 5) is 3.38. The van der Waals surface area contributed by atoms with Gasteiger partial charge in [0.2, 0.25) is 0 Å². The summed E-state index contributed by atoms with van der Waals surface area (Å²) in [5, 5.41) is 19.3. The SMILES string of the molecule is COc1c(C)cc([S+](c2ccc(O)cc2)c2ccc(O)cc2)cc1C.[Cl-]. The lowest BCUT2D eigenvalue weighted by atomic mass is 10.1. The molecule has 0 unspecified atom stereocenters. The molecule has 3 aromatic rings. The van der Waals surface area contributed by atoms with Gasteiger partial charge in [0.1, 0.15) is 17.2 Å². The van der Waals surface area contributed by atoms with Crippen molar-refractivity contribution in [2.75, 3.05) is 7.11 Å². The van der Waals surface area contributed by atoms with Crippen LogP contribution in [0.4, 0.5) is 0 Å². The van der Waals surface area contributed by atoms with Crippen LogP contribution in [0.1, 0.15) is 11.1 Å². The van der Waals surface area contributed by atoms with Gasteiger partial charge in [-0.2, -0.15) is 0 Å². The molecule has 5 heteroatoms. The topological polar surface area (TPSA) is 49.7 Å². The number of halogens is 1. The molecule has 0 aliphatic rings. The molecule has 0 aromatic heterocycles. The predicted octanol–water partition coefficient (Wildman–Crippen LogP) is 1.82. The molecule has 3 aromatic carbocycles. The lowest BCUT2D eigenvalue weighted by molar-refractivity contribution is -0.00000749. The fraction of sp³-hybridized carbons (Fsp3) is 0.143. The number of methoxy groups -OCH3 is 1. The van der Waals surface area contributed by atoms with E-state index >= 15 is 0 Å². The first-order valence-corrected chi connectivity index (χ1v) is 9.19. The first kappa shape index (κ1) is 20.0. The Morgan fingerprint density at radius 2 is 1.08 bits per heavy atom. The minimum absolute atomic E-state index is 0. The van der Waals surface area contributed by atoms with E-state index in [9.17, 15) is 10.2 Å². The van der Waals surface area contributed by atoms with Crippen molar-refractivity contribution in [2.45, 2.75) is 28.5 Å². The Morgan fingerprint density at radius 3 is 1.42 bits per heavy atom. The first-order valence-electron chi connectivity index (χ1n) is 7.97. The van der Waals surface area contributed by atoms with Crippen molar-refractivity contribution in [3.05, 3.63) is 71.8 Å². The van der Waals surface area contributed by atoms with Crippen LogP contribution in [0, 0.1) is 13.8 Å². The van der Waals surface area contributed by atoms with E-state index in [2.05, 4.69) is 12.1 Å². The van der Waals surface area contributed by atoms with Crippen LogP contribution in [0.5, 0.6) is 17.2 Å². The minimum Gasteiger partial charge on any atom is -1.00 e. The molecule has 0 heterocycles. The third-order valence-corrected chi connectivity index (χ3v) is 6.21. The third-order valence-electron chi connectivity index (χ3n) is 4.02. The Balaban J connectivity index is 0.00000243. The summed E-state index contributed by atoms with van der Waals surface area (Å²) in [5.41, 5.74) is 2.18. The molecule has 3 nitrogen and oxygen atoms in total. The summed E-state index contributed by atoms with van der Waals surface area (Å²) < 4.78 is 5.49. The van der Waals surface area contributed by atoms with Gasteiger partial charge in [0.15, 0.2) is 14.7 Å². The third kappa shape index (κ3) is 4.09. The van der Waals surface area contributed by atoms with Crippen LogP contribution < -0.4 is 17.1 Å². The number of phenolic OH excluding ortho intramolecular Hbond substituents is 2. The van der Waals surface area contributed by atoms with Gasteiger partial charge in [-0.15, -0.1) is 0 Å². The van der Waals surface area contributed by atoms with E-state index in [0.717, 1.165) is 26.7 Å². The summed E-state index contributed by atoms with van der Waals surface area (Å²) in [7, 11) is 1.35. The van der Waals surface area contributed by atoms with Crippen LogP contribution >= 0.6 is 0 Å². The van der Waals surface area contributed by atoms with E-state index < -0.39 is 0 Å². The first-order chi connectivity index (χ1) is 12.0. The van der Waals surface area contributed by atoms with Gasteiger partial charge in [0, 0.05) is 12.1 Å². The highest BCUT2D eigenvalue weighted by Gasteiger charge is 2.30. The molecule has 2 N–H and O–H groups in total. The zero-order valence-corrected chi connectivity index (χ0v) is 16.4. The number of phenols is 2. The maximum absolute atomic E-state index is 9.63. The van der Waals surface area contributed by atoms with Gasteiger partial charge in [-0.1, -0.05) is 0 Å². The van der Waals surface area contributed by atoms with Crippen molar-refractivity contribution in [3.8, 4) is 17.2 Å². The highest BCUT2D eigenvalue weighted by Crippen LogP contribution is 2.36. The quantitative estimate of drug-likeness (QED) is 0.670. The Labute approximate surface area is 163 Å². The average molecular weight is 389 g/mol. The van der Waals surface area contributed by atoms with Crippen molar-refractivity contribution in [2.24, 2.45) is 0 Å². The fourth-order valence-corrected chi connectivity index (χ4v) is 5.15. The average Bonchev–Trinajstić information content (AvgIpc) is 2.58. The summed E-state index contributed by atoms with van der Waals surface area (Å²) in [6.45, 7) is 4.09. The molecule has 0 amide bonds. The van der Waals surface area contributed by atoms with Gasteiger partial charge in [0.25, 0.3) is 0 Å². The molecule has 0 aliphatic heterocycles. The highest BCUT2D eigenvalue weighted by atomic mass is 35.5. The summed E-state index contributed by atoms with van der Waals surface area (Å²) in [6.07, 6.45) is 0. The minimum atomic E-state index is -0.340. The van der Waals surface area contributed by atoms with Crippen LogP contribution in [0.25, 0.3) is 0 Å². The smallest absolute Gasteiger partial charge is 0.167 e. The van der Waals surface area contributed by atoms with E-state index in [1.807, 2.05) is 38.1 Å². The van der Waals surface area contributed by atoms with E-state index in [0.29, 0.717) is 0 Å². The Morgan fingerprint density at radius 1 is 0.692 bits per heavy atom. The lowest BCUT2D eigenvalue weighted by Gasteiger charge is -2.13. The number of ether oxygens (including phenoxy) is 1. The van der Waals surface area contributed by atoms with Crippen LogP contribution in [0.3, 0.4) is 0 Å². The zero-order chi connectivity index (χ0) is 18.0. The van der Waals surface area contributed by atoms with Gasteiger partial charge in [-0.05, 0) is 73.5 Å². The fourth-order valence-electron chi connectivity index (χ4n) is 2.92. The summed E-state index contributed by atoms with van der Waals surface area (Å²) >= 11 is 0. The van der Waals surface area contributed by atoms with Crippen molar-refractivity contribution in [1.29, 1.82) is 0 Å². The van der Waals surface area contributed by atoms with Crippen LogP contribution in [-0.4, -0.2) is 17.3 Å². The lowest BCUT2D eigenvalue weighted by Crippen LogP contribution is -3.00. The molecule has 0 aliphatic carbocycles. The number of benzene rings is 3. The van der Waals surface area contributed by atoms with Crippen LogP contribution in [-0.2, 0) is 10.9 Å². The van der Waals surface area contributed by atoms with E-state index in [1.165, 1.54) is 4.90 Å². The molecule has 136 valence electrons. The van der Waals surface area contributed by atoms with E-state index in [1.54, 1.807) is 31.4 Å². The second-order valence-electron chi connectivity index (χ2n) is 5.88. The number of aryl methyl sites for hydroxylation is 2. The van der Waals surface area contributed by atoms with Crippen molar-refractivity contribution < 1.29 is 27.4 Å². The molecule has 26 heavy (non-hydrogen) atoms. The zero-order valence-electron chi connectivity index (χ0n) is 14.9. The van der Waals surface area contributed by atoms with Gasteiger partial charge in [0.05, 0.1) is 18.0 Å². The summed E-state index contributed by atoms with van der Waals surface area (Å²) in [5.74, 6) is 1.41. The molecule has 0 saturated carbocycles. The monoisotopic (exact) mass is 388 g/mol. The molecule has 3 rings (SSSR count). The number of aromatic hydroxyl groups is 2. The predicted molar refractivity (Wildman–Crippen MR) is 101 cm³/mol. The van der Waals surface area contributed by atoms with Gasteiger partial charge in [-0.25, -0.2) is 0 Å². The van der Waals surface area contributed by atoms with E-state index in [4.69, 9.17) is 4.74 Å². The Hall–Kier alpha value is -2.30. The molecule has 0 spiro atoms. The molecule has 0 fully saturated rings. The maximum Gasteiger partial charge on any atom is 0.167 e. The normalized spacial score (nSPS) is 10.5. The van der Waals surface area contributed by atoms with Crippen molar-refractivity contribution in [3.63, 3.8) is 0 Å². The standard InChI is InChI=1S/C21H20O3S.ClH/c1-14-12-20(13-15(2)21(14)24-3)25(18-8-4-16(22)5-9-18)19-10-6-17(23)7-11-19;/h4-13H,1-3H3,(H-,22,23);1H. The molecule has 0 saturated heterocycles.